The van der Waals surface area contributed by atoms with E-state index < -0.39 is 5.54 Å². The number of aromatic amines is 1. The summed E-state index contributed by atoms with van der Waals surface area (Å²) in [6.07, 6.45) is 1.08. The lowest BCUT2D eigenvalue weighted by molar-refractivity contribution is -0.124. The highest BCUT2D eigenvalue weighted by molar-refractivity contribution is 5.97. The molecule has 1 saturated heterocycles. The van der Waals surface area contributed by atoms with Gasteiger partial charge in [0.1, 0.15) is 5.54 Å². The van der Waals surface area contributed by atoms with Crippen LogP contribution in [-0.4, -0.2) is 34.9 Å². The Morgan fingerprint density at radius 3 is 2.78 bits per heavy atom. The first-order valence-electron chi connectivity index (χ1n) is 6.25. The molecular formula is C12H20N4O2. The van der Waals surface area contributed by atoms with E-state index in [1.807, 2.05) is 6.07 Å². The molecule has 1 aromatic rings. The van der Waals surface area contributed by atoms with E-state index in [0.29, 0.717) is 37.8 Å². The van der Waals surface area contributed by atoms with Gasteiger partial charge in [0.15, 0.2) is 5.82 Å². The third kappa shape index (κ3) is 2.70. The molecule has 1 aromatic heterocycles. The van der Waals surface area contributed by atoms with Crippen molar-refractivity contribution in [3.8, 4) is 0 Å². The van der Waals surface area contributed by atoms with Gasteiger partial charge in [0.25, 0.3) is 0 Å². The van der Waals surface area contributed by atoms with Gasteiger partial charge in [0, 0.05) is 25.0 Å². The van der Waals surface area contributed by atoms with Crippen molar-refractivity contribution in [3.63, 3.8) is 0 Å². The fraction of sp³-hybridized carbons (Fsp3) is 0.667. The van der Waals surface area contributed by atoms with Crippen LogP contribution in [0.3, 0.4) is 0 Å². The number of H-pyrrole nitrogens is 1. The molecule has 2 rings (SSSR count). The van der Waals surface area contributed by atoms with E-state index in [2.05, 4.69) is 29.4 Å². The summed E-state index contributed by atoms with van der Waals surface area (Å²) in [4.78, 5) is 12.1. The molecule has 18 heavy (non-hydrogen) atoms. The van der Waals surface area contributed by atoms with E-state index in [-0.39, 0.29) is 5.91 Å². The molecule has 4 N–H and O–H groups in total. The highest BCUT2D eigenvalue weighted by atomic mass is 16.5. The van der Waals surface area contributed by atoms with Crippen molar-refractivity contribution < 1.29 is 9.53 Å². The fourth-order valence-electron chi connectivity index (χ4n) is 1.90. The molecule has 0 bridgehead atoms. The smallest absolute Gasteiger partial charge is 0.245 e. The van der Waals surface area contributed by atoms with Crippen molar-refractivity contribution in [2.45, 2.75) is 38.1 Å². The molecule has 0 spiro atoms. The van der Waals surface area contributed by atoms with Crippen molar-refractivity contribution >= 4 is 11.7 Å². The Kier molecular flexibility index (Phi) is 3.68. The Morgan fingerprint density at radius 1 is 1.56 bits per heavy atom. The quantitative estimate of drug-likeness (QED) is 0.747. The summed E-state index contributed by atoms with van der Waals surface area (Å²) < 4.78 is 5.22. The highest BCUT2D eigenvalue weighted by Crippen LogP contribution is 2.21. The Balaban J connectivity index is 2.01. The maximum atomic E-state index is 12.1. The van der Waals surface area contributed by atoms with E-state index in [9.17, 15) is 4.79 Å². The summed E-state index contributed by atoms with van der Waals surface area (Å²) in [5, 5.41) is 9.72. The van der Waals surface area contributed by atoms with Crippen LogP contribution in [0.2, 0.25) is 0 Å². The Morgan fingerprint density at radius 2 is 2.22 bits per heavy atom. The zero-order valence-electron chi connectivity index (χ0n) is 10.8. The summed E-state index contributed by atoms with van der Waals surface area (Å²) in [5.74, 6) is 0.686. The van der Waals surface area contributed by atoms with Gasteiger partial charge >= 0.3 is 0 Å². The molecule has 0 atom stereocenters. The number of carbonyl (C=O) groups excluding carboxylic acids is 1. The third-order valence-corrected chi connectivity index (χ3v) is 3.30. The van der Waals surface area contributed by atoms with Crippen LogP contribution < -0.4 is 11.1 Å². The number of ether oxygens (including phenoxy) is 1. The van der Waals surface area contributed by atoms with Crippen molar-refractivity contribution in [3.05, 3.63) is 11.8 Å². The van der Waals surface area contributed by atoms with E-state index in [1.54, 1.807) is 0 Å². The van der Waals surface area contributed by atoms with Crippen LogP contribution in [0.4, 0.5) is 5.82 Å². The number of hydrogen-bond acceptors (Lipinski definition) is 4. The second-order valence-electron chi connectivity index (χ2n) is 5.09. The summed E-state index contributed by atoms with van der Waals surface area (Å²) in [6.45, 7) is 5.17. The van der Waals surface area contributed by atoms with Gasteiger partial charge in [-0.2, -0.15) is 5.10 Å². The second kappa shape index (κ2) is 5.07. The number of nitrogens with one attached hydrogen (secondary N) is 2. The van der Waals surface area contributed by atoms with Crippen molar-refractivity contribution in [1.82, 2.24) is 10.2 Å². The van der Waals surface area contributed by atoms with Crippen molar-refractivity contribution in [1.29, 1.82) is 0 Å². The molecule has 0 radical (unpaired) electrons. The molecule has 0 unspecified atom stereocenters. The molecule has 1 fully saturated rings. The third-order valence-electron chi connectivity index (χ3n) is 3.30. The molecular weight excluding hydrogens is 232 g/mol. The Labute approximate surface area is 106 Å². The van der Waals surface area contributed by atoms with Gasteiger partial charge in [-0.05, 0) is 18.8 Å². The Hall–Kier alpha value is -1.40. The molecule has 100 valence electrons. The molecule has 2 heterocycles. The monoisotopic (exact) mass is 252 g/mol. The van der Waals surface area contributed by atoms with Gasteiger partial charge in [-0.25, -0.2) is 0 Å². The molecule has 1 aliphatic heterocycles. The van der Waals surface area contributed by atoms with E-state index >= 15 is 0 Å². The minimum atomic E-state index is -0.838. The number of anilines is 1. The van der Waals surface area contributed by atoms with Crippen LogP contribution in [0.1, 0.15) is 38.3 Å². The van der Waals surface area contributed by atoms with Gasteiger partial charge < -0.3 is 15.8 Å². The lowest BCUT2D eigenvalue weighted by Gasteiger charge is -2.31. The number of rotatable bonds is 3. The first-order chi connectivity index (χ1) is 8.51. The molecule has 0 aromatic carbocycles. The van der Waals surface area contributed by atoms with Gasteiger partial charge in [0.2, 0.25) is 5.91 Å². The Bertz CT molecular complexity index is 421. The summed E-state index contributed by atoms with van der Waals surface area (Å²) in [6, 6.07) is 1.84. The van der Waals surface area contributed by atoms with E-state index in [4.69, 9.17) is 10.5 Å². The summed E-state index contributed by atoms with van der Waals surface area (Å²) >= 11 is 0. The lowest BCUT2D eigenvalue weighted by atomic mass is 9.90. The molecule has 0 aliphatic carbocycles. The van der Waals surface area contributed by atoms with Crippen LogP contribution in [-0.2, 0) is 9.53 Å². The molecule has 1 amide bonds. The molecule has 6 nitrogen and oxygen atoms in total. The minimum absolute atomic E-state index is 0.187. The summed E-state index contributed by atoms with van der Waals surface area (Å²) in [5.41, 5.74) is 6.24. The van der Waals surface area contributed by atoms with Crippen LogP contribution in [0.15, 0.2) is 6.07 Å². The van der Waals surface area contributed by atoms with Crippen LogP contribution in [0, 0.1) is 0 Å². The van der Waals surface area contributed by atoms with Gasteiger partial charge in [-0.15, -0.1) is 0 Å². The van der Waals surface area contributed by atoms with E-state index in [1.165, 1.54) is 0 Å². The second-order valence-corrected chi connectivity index (χ2v) is 5.09. The number of hydrogen-bond donors (Lipinski definition) is 3. The normalized spacial score (nSPS) is 18.9. The number of nitrogens with zero attached hydrogens (tertiary/aromatic N) is 1. The zero-order valence-corrected chi connectivity index (χ0v) is 10.8. The maximum Gasteiger partial charge on any atom is 0.245 e. The largest absolute Gasteiger partial charge is 0.381 e. The average molecular weight is 252 g/mol. The summed E-state index contributed by atoms with van der Waals surface area (Å²) in [7, 11) is 0. The topological polar surface area (TPSA) is 93.0 Å². The van der Waals surface area contributed by atoms with Crippen LogP contribution in [0.25, 0.3) is 0 Å². The van der Waals surface area contributed by atoms with Gasteiger partial charge in [0.05, 0.1) is 0 Å². The van der Waals surface area contributed by atoms with Crippen molar-refractivity contribution in [2.24, 2.45) is 5.73 Å². The van der Waals surface area contributed by atoms with Crippen LogP contribution in [0.5, 0.6) is 0 Å². The average Bonchev–Trinajstić information content (AvgIpc) is 2.78. The minimum Gasteiger partial charge on any atom is -0.381 e. The predicted molar refractivity (Wildman–Crippen MR) is 68.3 cm³/mol. The standard InChI is InChI=1S/C12H20N4O2/c1-8(2)9-7-10(16-15-9)14-11(17)12(13)3-5-18-6-4-12/h7-8H,3-6,13H2,1-2H3,(H2,14,15,16,17). The van der Waals surface area contributed by atoms with Gasteiger partial charge in [-0.1, -0.05) is 13.8 Å². The molecule has 1 aliphatic rings. The first kappa shape index (κ1) is 13.0. The number of aromatic nitrogens is 2. The number of amides is 1. The maximum absolute atomic E-state index is 12.1. The molecule has 0 saturated carbocycles. The SMILES string of the molecule is CC(C)c1cc(NC(=O)C2(N)CCOCC2)n[nH]1. The first-order valence-corrected chi connectivity index (χ1v) is 6.25. The zero-order chi connectivity index (χ0) is 13.2. The molecule has 6 heteroatoms. The van der Waals surface area contributed by atoms with Gasteiger partial charge in [-0.3, -0.25) is 9.89 Å². The van der Waals surface area contributed by atoms with E-state index in [0.717, 1.165) is 5.69 Å². The number of nitrogens with two attached hydrogens (primary N) is 1. The van der Waals surface area contributed by atoms with Crippen LogP contribution >= 0.6 is 0 Å². The lowest BCUT2D eigenvalue weighted by Crippen LogP contribution is -2.54. The fourth-order valence-corrected chi connectivity index (χ4v) is 1.90. The van der Waals surface area contributed by atoms with Crippen molar-refractivity contribution in [2.75, 3.05) is 18.5 Å². The number of carbonyl (C=O) groups is 1. The highest BCUT2D eigenvalue weighted by Gasteiger charge is 2.36. The predicted octanol–water partition coefficient (Wildman–Crippen LogP) is 0.980.